The average Bonchev–Trinajstić information content (AvgIpc) is 2.75. The summed E-state index contributed by atoms with van der Waals surface area (Å²) in [7, 11) is 0. The van der Waals surface area contributed by atoms with Crippen molar-refractivity contribution in [1.29, 1.82) is 0 Å². The van der Waals surface area contributed by atoms with E-state index in [4.69, 9.17) is 4.74 Å². The van der Waals surface area contributed by atoms with Crippen LogP contribution in [0.15, 0.2) is 0 Å². The van der Waals surface area contributed by atoms with Crippen LogP contribution in [0.1, 0.15) is 52.9 Å². The van der Waals surface area contributed by atoms with Gasteiger partial charge in [-0.25, -0.2) is 0 Å². The monoisotopic (exact) mass is 241 g/mol. The molecule has 0 aliphatic carbocycles. The van der Waals surface area contributed by atoms with Crippen molar-refractivity contribution < 1.29 is 9.53 Å². The van der Waals surface area contributed by atoms with Crippen molar-refractivity contribution >= 4 is 5.97 Å². The van der Waals surface area contributed by atoms with Gasteiger partial charge in [0.05, 0.1) is 6.61 Å². The highest BCUT2D eigenvalue weighted by Crippen LogP contribution is 2.17. The van der Waals surface area contributed by atoms with E-state index in [0.29, 0.717) is 18.4 Å². The zero-order valence-electron chi connectivity index (χ0n) is 11.5. The summed E-state index contributed by atoms with van der Waals surface area (Å²) < 4.78 is 5.45. The molecule has 1 rings (SSSR count). The Morgan fingerprint density at radius 2 is 2.24 bits per heavy atom. The molecule has 1 fully saturated rings. The van der Waals surface area contributed by atoms with E-state index in [1.165, 1.54) is 19.3 Å². The van der Waals surface area contributed by atoms with Crippen LogP contribution in [-0.4, -0.2) is 25.2 Å². The first kappa shape index (κ1) is 14.5. The first-order chi connectivity index (χ1) is 8.19. The molecule has 1 saturated heterocycles. The molecule has 3 unspecified atom stereocenters. The zero-order chi connectivity index (χ0) is 12.7. The first-order valence-corrected chi connectivity index (χ1v) is 7.09. The Morgan fingerprint density at radius 1 is 1.47 bits per heavy atom. The van der Waals surface area contributed by atoms with Gasteiger partial charge in [-0.3, -0.25) is 4.79 Å². The van der Waals surface area contributed by atoms with Crippen LogP contribution < -0.4 is 5.32 Å². The molecule has 0 radical (unpaired) electrons. The third kappa shape index (κ3) is 4.66. The Hall–Kier alpha value is -0.570. The van der Waals surface area contributed by atoms with E-state index in [2.05, 4.69) is 26.1 Å². The Kier molecular flexibility index (Phi) is 6.56. The van der Waals surface area contributed by atoms with Crippen LogP contribution in [0.3, 0.4) is 0 Å². The van der Waals surface area contributed by atoms with E-state index < -0.39 is 0 Å². The fourth-order valence-electron chi connectivity index (χ4n) is 2.34. The molecule has 0 aromatic heterocycles. The summed E-state index contributed by atoms with van der Waals surface area (Å²) in [5, 5.41) is 3.22. The number of ether oxygens (including phenoxy) is 1. The lowest BCUT2D eigenvalue weighted by atomic mass is 10.0. The van der Waals surface area contributed by atoms with Gasteiger partial charge < -0.3 is 10.1 Å². The van der Waals surface area contributed by atoms with E-state index in [-0.39, 0.29) is 12.0 Å². The minimum Gasteiger partial charge on any atom is -0.464 e. The third-order valence-electron chi connectivity index (χ3n) is 3.79. The van der Waals surface area contributed by atoms with E-state index in [1.54, 1.807) is 0 Å². The van der Waals surface area contributed by atoms with Gasteiger partial charge in [-0.05, 0) is 31.2 Å². The van der Waals surface area contributed by atoms with Crippen LogP contribution in [0.2, 0.25) is 0 Å². The molecule has 0 bridgehead atoms. The number of nitrogens with one attached hydrogen (secondary N) is 1. The Bertz CT molecular complexity index is 230. The molecular weight excluding hydrogens is 214 g/mol. The van der Waals surface area contributed by atoms with E-state index in [0.717, 1.165) is 19.4 Å². The predicted molar refractivity (Wildman–Crippen MR) is 69.8 cm³/mol. The number of esters is 1. The SMILES string of the molecule is CCCCC(CC)COC(=O)C1NCCC1C. The molecular formula is C14H27NO2. The van der Waals surface area contributed by atoms with Gasteiger partial charge in [-0.15, -0.1) is 0 Å². The van der Waals surface area contributed by atoms with Crippen LogP contribution >= 0.6 is 0 Å². The minimum absolute atomic E-state index is 0.0510. The van der Waals surface area contributed by atoms with Crippen molar-refractivity contribution in [2.24, 2.45) is 11.8 Å². The third-order valence-corrected chi connectivity index (χ3v) is 3.79. The highest BCUT2D eigenvalue weighted by atomic mass is 16.5. The van der Waals surface area contributed by atoms with Crippen LogP contribution in [0.4, 0.5) is 0 Å². The fraction of sp³-hybridized carbons (Fsp3) is 0.929. The van der Waals surface area contributed by atoms with Gasteiger partial charge in [-0.1, -0.05) is 40.0 Å². The van der Waals surface area contributed by atoms with Crippen molar-refractivity contribution in [3.8, 4) is 0 Å². The molecule has 17 heavy (non-hydrogen) atoms. The highest BCUT2D eigenvalue weighted by molar-refractivity contribution is 5.76. The van der Waals surface area contributed by atoms with Gasteiger partial charge >= 0.3 is 5.97 Å². The molecule has 0 aromatic rings. The largest absolute Gasteiger partial charge is 0.464 e. The van der Waals surface area contributed by atoms with Crippen LogP contribution in [0, 0.1) is 11.8 Å². The maximum atomic E-state index is 11.9. The summed E-state index contributed by atoms with van der Waals surface area (Å²) in [6.07, 6.45) is 5.79. The Morgan fingerprint density at radius 3 is 2.76 bits per heavy atom. The Balaban J connectivity index is 2.25. The number of carbonyl (C=O) groups excluding carboxylic acids is 1. The molecule has 3 heteroatoms. The molecule has 0 amide bonds. The molecule has 1 N–H and O–H groups in total. The van der Waals surface area contributed by atoms with Crippen molar-refractivity contribution in [2.75, 3.05) is 13.2 Å². The molecule has 3 nitrogen and oxygen atoms in total. The fourth-order valence-corrected chi connectivity index (χ4v) is 2.34. The van der Waals surface area contributed by atoms with Gasteiger partial charge in [0.2, 0.25) is 0 Å². The number of hydrogen-bond acceptors (Lipinski definition) is 3. The molecule has 0 spiro atoms. The summed E-state index contributed by atoms with van der Waals surface area (Å²) in [5.41, 5.74) is 0. The molecule has 1 heterocycles. The van der Waals surface area contributed by atoms with Crippen molar-refractivity contribution in [2.45, 2.75) is 58.9 Å². The van der Waals surface area contributed by atoms with Crippen molar-refractivity contribution in [1.82, 2.24) is 5.32 Å². The lowest BCUT2D eigenvalue weighted by Crippen LogP contribution is -2.37. The maximum Gasteiger partial charge on any atom is 0.323 e. The number of carbonyl (C=O) groups is 1. The van der Waals surface area contributed by atoms with E-state index in [1.807, 2.05) is 0 Å². The lowest BCUT2D eigenvalue weighted by molar-refractivity contribution is -0.148. The van der Waals surface area contributed by atoms with Crippen LogP contribution in [0.5, 0.6) is 0 Å². The first-order valence-electron chi connectivity index (χ1n) is 7.09. The second kappa shape index (κ2) is 7.70. The predicted octanol–water partition coefficient (Wildman–Crippen LogP) is 2.74. The smallest absolute Gasteiger partial charge is 0.323 e. The molecule has 0 aromatic carbocycles. The van der Waals surface area contributed by atoms with Crippen molar-refractivity contribution in [3.63, 3.8) is 0 Å². The quantitative estimate of drug-likeness (QED) is 0.697. The molecule has 1 aliphatic rings. The van der Waals surface area contributed by atoms with Crippen LogP contribution in [-0.2, 0) is 9.53 Å². The van der Waals surface area contributed by atoms with E-state index >= 15 is 0 Å². The normalized spacial score (nSPS) is 25.8. The summed E-state index contributed by atoms with van der Waals surface area (Å²) in [4.78, 5) is 11.9. The van der Waals surface area contributed by atoms with Gasteiger partial charge in [-0.2, -0.15) is 0 Å². The highest BCUT2D eigenvalue weighted by Gasteiger charge is 2.30. The van der Waals surface area contributed by atoms with Gasteiger partial charge in [0.15, 0.2) is 0 Å². The second-order valence-corrected chi connectivity index (χ2v) is 5.24. The minimum atomic E-state index is -0.0707. The van der Waals surface area contributed by atoms with Gasteiger partial charge in [0, 0.05) is 0 Å². The molecule has 3 atom stereocenters. The molecule has 1 aliphatic heterocycles. The van der Waals surface area contributed by atoms with Gasteiger partial charge in [0.25, 0.3) is 0 Å². The number of rotatable bonds is 7. The number of hydrogen-bond donors (Lipinski definition) is 1. The van der Waals surface area contributed by atoms with Crippen LogP contribution in [0.25, 0.3) is 0 Å². The topological polar surface area (TPSA) is 38.3 Å². The Labute approximate surface area is 105 Å². The lowest BCUT2D eigenvalue weighted by Gasteiger charge is -2.18. The van der Waals surface area contributed by atoms with Crippen molar-refractivity contribution in [3.05, 3.63) is 0 Å². The summed E-state index contributed by atoms with van der Waals surface area (Å²) in [6, 6.07) is -0.0707. The van der Waals surface area contributed by atoms with E-state index in [9.17, 15) is 4.79 Å². The zero-order valence-corrected chi connectivity index (χ0v) is 11.5. The average molecular weight is 241 g/mol. The molecule has 0 saturated carbocycles. The molecule has 100 valence electrons. The number of unbranched alkanes of at least 4 members (excludes halogenated alkanes) is 1. The standard InChI is InChI=1S/C14H27NO2/c1-4-6-7-12(5-2)10-17-14(16)13-11(3)8-9-15-13/h11-13,15H,4-10H2,1-3H3. The maximum absolute atomic E-state index is 11.9. The summed E-state index contributed by atoms with van der Waals surface area (Å²) in [5.74, 6) is 0.902. The summed E-state index contributed by atoms with van der Waals surface area (Å²) >= 11 is 0. The van der Waals surface area contributed by atoms with Gasteiger partial charge in [0.1, 0.15) is 6.04 Å². The second-order valence-electron chi connectivity index (χ2n) is 5.24. The summed E-state index contributed by atoms with van der Waals surface area (Å²) in [6.45, 7) is 8.02.